The van der Waals surface area contributed by atoms with Crippen molar-refractivity contribution in [2.75, 3.05) is 6.61 Å². The number of nitrogens with one attached hydrogen (secondary N) is 2. The van der Waals surface area contributed by atoms with Gasteiger partial charge in [-0.2, -0.15) is 13.2 Å². The van der Waals surface area contributed by atoms with Gasteiger partial charge in [-0.25, -0.2) is 4.79 Å². The molecule has 2 rings (SSSR count). The molecule has 2 aromatic carbocycles. The van der Waals surface area contributed by atoms with Crippen LogP contribution in [0.25, 0.3) is 0 Å². The Kier molecular flexibility index (Phi) is 8.80. The molecule has 0 saturated heterocycles. The van der Waals surface area contributed by atoms with Gasteiger partial charge in [-0.15, -0.1) is 0 Å². The highest BCUT2D eigenvalue weighted by Crippen LogP contribution is 2.29. The zero-order valence-corrected chi connectivity index (χ0v) is 17.7. The minimum absolute atomic E-state index is 0.0851. The lowest BCUT2D eigenvalue weighted by Crippen LogP contribution is -2.43. The van der Waals surface area contributed by atoms with Gasteiger partial charge >= 0.3 is 12.1 Å². The van der Waals surface area contributed by atoms with E-state index in [-0.39, 0.29) is 18.6 Å². The van der Waals surface area contributed by atoms with E-state index in [1.165, 1.54) is 12.1 Å². The van der Waals surface area contributed by atoms with Gasteiger partial charge in [0.05, 0.1) is 19.1 Å². The monoisotopic (exact) mass is 450 g/mol. The number of carbonyl (C=O) groups is 3. The van der Waals surface area contributed by atoms with Gasteiger partial charge in [-0.1, -0.05) is 42.5 Å². The minimum Gasteiger partial charge on any atom is -0.464 e. The normalized spacial score (nSPS) is 13.0. The SMILES string of the molecule is CCOC(=O)[C@H](Cc1ccc(C(CC(F)(F)F)NC(C)=O)cc1)NC(=O)c1ccccc1. The lowest BCUT2D eigenvalue weighted by molar-refractivity contribution is -0.145. The minimum atomic E-state index is -4.46. The first kappa shape index (κ1) is 24.9. The molecule has 2 atom stereocenters. The van der Waals surface area contributed by atoms with Crippen molar-refractivity contribution in [3.05, 3.63) is 71.3 Å². The van der Waals surface area contributed by atoms with E-state index < -0.39 is 42.5 Å². The molecule has 2 amide bonds. The predicted molar refractivity (Wildman–Crippen MR) is 112 cm³/mol. The predicted octanol–water partition coefficient (Wildman–Crippen LogP) is 3.72. The Labute approximate surface area is 184 Å². The number of carbonyl (C=O) groups excluding carboxylic acids is 3. The van der Waals surface area contributed by atoms with Crippen molar-refractivity contribution in [1.82, 2.24) is 10.6 Å². The Morgan fingerprint density at radius 2 is 1.59 bits per heavy atom. The van der Waals surface area contributed by atoms with Crippen molar-refractivity contribution in [3.63, 3.8) is 0 Å². The van der Waals surface area contributed by atoms with Crippen LogP contribution < -0.4 is 10.6 Å². The molecule has 0 bridgehead atoms. The maximum absolute atomic E-state index is 12.9. The molecule has 0 radical (unpaired) electrons. The topological polar surface area (TPSA) is 84.5 Å². The lowest BCUT2D eigenvalue weighted by atomic mass is 9.99. The van der Waals surface area contributed by atoms with Crippen molar-refractivity contribution in [3.8, 4) is 0 Å². The van der Waals surface area contributed by atoms with Crippen LogP contribution in [0.1, 0.15) is 47.8 Å². The average molecular weight is 450 g/mol. The third kappa shape index (κ3) is 8.05. The van der Waals surface area contributed by atoms with E-state index in [0.717, 1.165) is 6.92 Å². The number of amides is 2. The van der Waals surface area contributed by atoms with Gasteiger partial charge < -0.3 is 15.4 Å². The molecule has 0 heterocycles. The van der Waals surface area contributed by atoms with Gasteiger partial charge in [0.2, 0.25) is 5.91 Å². The van der Waals surface area contributed by atoms with Gasteiger partial charge in [0.15, 0.2) is 0 Å². The Balaban J connectivity index is 2.17. The van der Waals surface area contributed by atoms with Crippen LogP contribution >= 0.6 is 0 Å². The molecule has 0 aliphatic carbocycles. The van der Waals surface area contributed by atoms with Crippen molar-refractivity contribution in [2.24, 2.45) is 0 Å². The number of esters is 1. The van der Waals surface area contributed by atoms with Crippen LogP contribution in [0.5, 0.6) is 0 Å². The van der Waals surface area contributed by atoms with Crippen LogP contribution in [0, 0.1) is 0 Å². The van der Waals surface area contributed by atoms with E-state index >= 15 is 0 Å². The summed E-state index contributed by atoms with van der Waals surface area (Å²) in [4.78, 5) is 36.1. The van der Waals surface area contributed by atoms with Crippen molar-refractivity contribution in [2.45, 2.75) is 44.9 Å². The summed E-state index contributed by atoms with van der Waals surface area (Å²) in [5, 5.41) is 4.94. The van der Waals surface area contributed by atoms with Crippen molar-refractivity contribution in [1.29, 1.82) is 0 Å². The summed E-state index contributed by atoms with van der Waals surface area (Å²) in [6.07, 6.45) is -5.57. The summed E-state index contributed by atoms with van der Waals surface area (Å²) < 4.78 is 43.7. The Morgan fingerprint density at radius 3 is 2.12 bits per heavy atom. The molecular formula is C23H25F3N2O4. The van der Waals surface area contributed by atoms with Gasteiger partial charge in [-0.3, -0.25) is 9.59 Å². The maximum atomic E-state index is 12.9. The molecule has 32 heavy (non-hydrogen) atoms. The third-order valence-electron chi connectivity index (χ3n) is 4.55. The van der Waals surface area contributed by atoms with Crippen molar-refractivity contribution >= 4 is 17.8 Å². The summed E-state index contributed by atoms with van der Waals surface area (Å²) in [5.41, 5.74) is 1.26. The Bertz CT molecular complexity index is 915. The fourth-order valence-corrected chi connectivity index (χ4v) is 3.12. The van der Waals surface area contributed by atoms with Gasteiger partial charge in [0.25, 0.3) is 5.91 Å². The van der Waals surface area contributed by atoms with E-state index in [2.05, 4.69) is 10.6 Å². The smallest absolute Gasteiger partial charge is 0.391 e. The van der Waals surface area contributed by atoms with E-state index in [1.54, 1.807) is 49.4 Å². The molecule has 172 valence electrons. The fraction of sp³-hybridized carbons (Fsp3) is 0.348. The van der Waals surface area contributed by atoms with Gasteiger partial charge in [0, 0.05) is 18.9 Å². The van der Waals surface area contributed by atoms with Crippen LogP contribution in [0.3, 0.4) is 0 Å². The number of ether oxygens (including phenoxy) is 1. The van der Waals surface area contributed by atoms with E-state index in [4.69, 9.17) is 4.74 Å². The first-order chi connectivity index (χ1) is 15.1. The second-order valence-electron chi connectivity index (χ2n) is 7.16. The largest absolute Gasteiger partial charge is 0.464 e. The molecular weight excluding hydrogens is 425 g/mol. The zero-order chi connectivity index (χ0) is 23.7. The summed E-state index contributed by atoms with van der Waals surface area (Å²) in [6, 6.07) is 12.2. The number of hydrogen-bond donors (Lipinski definition) is 2. The standard InChI is InChI=1S/C23H25F3N2O4/c1-3-32-22(31)19(28-21(30)18-7-5-4-6-8-18)13-16-9-11-17(12-10-16)20(27-15(2)29)14-23(24,25)26/h4-12,19-20H,3,13-14H2,1-2H3,(H,27,29)(H,28,30)/t19-,20?/m0/s1. The number of alkyl halides is 3. The summed E-state index contributed by atoms with van der Waals surface area (Å²) in [7, 11) is 0. The third-order valence-corrected chi connectivity index (χ3v) is 4.55. The summed E-state index contributed by atoms with van der Waals surface area (Å²) in [6.45, 7) is 2.92. The average Bonchev–Trinajstić information content (AvgIpc) is 2.72. The van der Waals surface area contributed by atoms with E-state index in [0.29, 0.717) is 11.1 Å². The van der Waals surface area contributed by atoms with Gasteiger partial charge in [0.1, 0.15) is 6.04 Å². The fourth-order valence-electron chi connectivity index (χ4n) is 3.12. The highest BCUT2D eigenvalue weighted by Gasteiger charge is 2.33. The Hall–Kier alpha value is -3.36. The number of hydrogen-bond acceptors (Lipinski definition) is 4. The number of rotatable bonds is 9. The molecule has 1 unspecified atom stereocenters. The molecule has 9 heteroatoms. The Morgan fingerprint density at radius 1 is 0.969 bits per heavy atom. The number of halogens is 3. The lowest BCUT2D eigenvalue weighted by Gasteiger charge is -2.21. The highest BCUT2D eigenvalue weighted by molar-refractivity contribution is 5.96. The molecule has 2 aromatic rings. The van der Waals surface area contributed by atoms with Crippen LogP contribution in [-0.4, -0.2) is 36.6 Å². The molecule has 6 nitrogen and oxygen atoms in total. The second-order valence-corrected chi connectivity index (χ2v) is 7.16. The quantitative estimate of drug-likeness (QED) is 0.571. The van der Waals surface area contributed by atoms with E-state index in [1.807, 2.05) is 0 Å². The highest BCUT2D eigenvalue weighted by atomic mass is 19.4. The van der Waals surface area contributed by atoms with Gasteiger partial charge in [-0.05, 0) is 30.2 Å². The molecule has 0 spiro atoms. The molecule has 0 aliphatic heterocycles. The van der Waals surface area contributed by atoms with Crippen LogP contribution in [0.4, 0.5) is 13.2 Å². The van der Waals surface area contributed by atoms with Crippen molar-refractivity contribution < 1.29 is 32.3 Å². The van der Waals surface area contributed by atoms with Crippen LogP contribution in [-0.2, 0) is 20.7 Å². The van der Waals surface area contributed by atoms with E-state index in [9.17, 15) is 27.6 Å². The molecule has 0 aromatic heterocycles. The number of benzene rings is 2. The molecule has 0 saturated carbocycles. The van der Waals surface area contributed by atoms with Crippen LogP contribution in [0.2, 0.25) is 0 Å². The first-order valence-corrected chi connectivity index (χ1v) is 10.0. The maximum Gasteiger partial charge on any atom is 0.391 e. The first-order valence-electron chi connectivity index (χ1n) is 10.0. The molecule has 0 aliphatic rings. The summed E-state index contributed by atoms with van der Waals surface area (Å²) >= 11 is 0. The second kappa shape index (κ2) is 11.3. The molecule has 0 fully saturated rings. The van der Waals surface area contributed by atoms with Crippen LogP contribution in [0.15, 0.2) is 54.6 Å². The zero-order valence-electron chi connectivity index (χ0n) is 17.7. The molecule has 2 N–H and O–H groups in total. The summed E-state index contributed by atoms with van der Waals surface area (Å²) in [5.74, 6) is -1.64.